The van der Waals surface area contributed by atoms with E-state index < -0.39 is 0 Å². The average Bonchev–Trinajstić information content (AvgIpc) is 3.18. The molecule has 4 nitrogen and oxygen atoms in total. The minimum atomic E-state index is 0.585. The summed E-state index contributed by atoms with van der Waals surface area (Å²) in [6, 6.07) is 0. The lowest BCUT2D eigenvalue weighted by molar-refractivity contribution is 0.305. The van der Waals surface area contributed by atoms with Crippen LogP contribution in [0.15, 0.2) is 4.47 Å². The maximum absolute atomic E-state index is 5.95. The second-order valence-corrected chi connectivity index (χ2v) is 5.57. The highest BCUT2D eigenvalue weighted by atomic mass is 79.9. The second kappa shape index (κ2) is 5.97. The molecular formula is C13H21BrN4. The molecule has 1 fully saturated rings. The number of nitrogens with zero attached hydrogens (tertiary/aromatic N) is 3. The van der Waals surface area contributed by atoms with Crippen LogP contribution in [0.3, 0.4) is 0 Å². The third kappa shape index (κ3) is 3.20. The van der Waals surface area contributed by atoms with E-state index in [1.54, 1.807) is 0 Å². The Morgan fingerprint density at radius 1 is 1.28 bits per heavy atom. The normalized spacial score (nSPS) is 15.3. The van der Waals surface area contributed by atoms with Crippen molar-refractivity contribution >= 4 is 21.7 Å². The number of hydrogen-bond donors (Lipinski definition) is 1. The lowest BCUT2D eigenvalue weighted by Crippen LogP contribution is -2.26. The zero-order valence-corrected chi connectivity index (χ0v) is 12.7. The number of likely N-dealkylation sites (N-methyl/N-ethyl adjacent to an activating group) is 1. The van der Waals surface area contributed by atoms with E-state index in [1.165, 1.54) is 12.8 Å². The van der Waals surface area contributed by atoms with Crippen LogP contribution in [0.1, 0.15) is 44.1 Å². The van der Waals surface area contributed by atoms with Crippen LogP contribution in [0.5, 0.6) is 0 Å². The van der Waals surface area contributed by atoms with E-state index in [2.05, 4.69) is 44.6 Å². The Morgan fingerprint density at radius 2 is 1.94 bits per heavy atom. The van der Waals surface area contributed by atoms with Gasteiger partial charge < -0.3 is 10.6 Å². The predicted octanol–water partition coefficient (Wildman–Crippen LogP) is 2.58. The minimum Gasteiger partial charge on any atom is -0.383 e. The van der Waals surface area contributed by atoms with Crippen LogP contribution >= 0.6 is 15.9 Å². The Bertz CT molecular complexity index is 414. The van der Waals surface area contributed by atoms with Crippen molar-refractivity contribution in [3.05, 3.63) is 16.0 Å². The van der Waals surface area contributed by atoms with Gasteiger partial charge in [-0.15, -0.1) is 0 Å². The molecule has 2 rings (SSSR count). The summed E-state index contributed by atoms with van der Waals surface area (Å²) in [6.07, 6.45) is 3.33. The van der Waals surface area contributed by atoms with Gasteiger partial charge in [0.2, 0.25) is 0 Å². The Morgan fingerprint density at radius 3 is 2.50 bits per heavy atom. The average molecular weight is 313 g/mol. The van der Waals surface area contributed by atoms with Crippen molar-refractivity contribution in [1.82, 2.24) is 14.9 Å². The first kappa shape index (κ1) is 13.7. The van der Waals surface area contributed by atoms with E-state index in [0.29, 0.717) is 11.7 Å². The molecule has 0 saturated heterocycles. The first-order valence-electron chi connectivity index (χ1n) is 6.69. The summed E-state index contributed by atoms with van der Waals surface area (Å²) in [5, 5.41) is 0. The minimum absolute atomic E-state index is 0.585. The summed E-state index contributed by atoms with van der Waals surface area (Å²) in [7, 11) is 0. The molecule has 1 aliphatic carbocycles. The fourth-order valence-corrected chi connectivity index (χ4v) is 2.57. The van der Waals surface area contributed by atoms with Crippen LogP contribution in [0, 0.1) is 0 Å². The second-order valence-electron chi connectivity index (χ2n) is 4.78. The number of nitrogens with two attached hydrogens (primary N) is 1. The van der Waals surface area contributed by atoms with Gasteiger partial charge in [0.15, 0.2) is 0 Å². The molecule has 0 aromatic carbocycles. The zero-order valence-electron chi connectivity index (χ0n) is 11.1. The number of anilines is 1. The smallest absolute Gasteiger partial charge is 0.141 e. The monoisotopic (exact) mass is 312 g/mol. The summed E-state index contributed by atoms with van der Waals surface area (Å²) in [6.45, 7) is 7.49. The van der Waals surface area contributed by atoms with Gasteiger partial charge in [0.05, 0.1) is 10.2 Å². The molecular weight excluding hydrogens is 292 g/mol. The molecule has 2 N–H and O–H groups in total. The molecule has 1 saturated carbocycles. The predicted molar refractivity (Wildman–Crippen MR) is 77.6 cm³/mol. The number of halogens is 1. The van der Waals surface area contributed by atoms with Crippen molar-refractivity contribution in [3.63, 3.8) is 0 Å². The summed E-state index contributed by atoms with van der Waals surface area (Å²) >= 11 is 3.50. The molecule has 0 atom stereocenters. The van der Waals surface area contributed by atoms with Gasteiger partial charge in [-0.25, -0.2) is 9.97 Å². The standard InChI is InChI=1S/C13H21BrN4/c1-3-18(4-2)8-7-10-16-12(9-5-6-9)11(14)13(15)17-10/h9H,3-8H2,1-2H3,(H2,15,16,17). The zero-order chi connectivity index (χ0) is 13.1. The van der Waals surface area contributed by atoms with Crippen LogP contribution in [0.2, 0.25) is 0 Å². The molecule has 5 heteroatoms. The van der Waals surface area contributed by atoms with Crippen LogP contribution in [-0.2, 0) is 6.42 Å². The first-order valence-corrected chi connectivity index (χ1v) is 7.49. The highest BCUT2D eigenvalue weighted by Gasteiger charge is 2.28. The lowest BCUT2D eigenvalue weighted by Gasteiger charge is -2.17. The first-order chi connectivity index (χ1) is 8.65. The number of hydrogen-bond acceptors (Lipinski definition) is 4. The fraction of sp³-hybridized carbons (Fsp3) is 0.692. The van der Waals surface area contributed by atoms with Gasteiger partial charge in [-0.2, -0.15) is 0 Å². The lowest BCUT2D eigenvalue weighted by atomic mass is 10.2. The maximum Gasteiger partial charge on any atom is 0.141 e. The van der Waals surface area contributed by atoms with Gasteiger partial charge in [-0.3, -0.25) is 0 Å². The van der Waals surface area contributed by atoms with E-state index in [0.717, 1.165) is 42.0 Å². The topological polar surface area (TPSA) is 55.0 Å². The summed E-state index contributed by atoms with van der Waals surface area (Å²) in [5.74, 6) is 2.06. The van der Waals surface area contributed by atoms with E-state index in [9.17, 15) is 0 Å². The van der Waals surface area contributed by atoms with E-state index in [-0.39, 0.29) is 0 Å². The van der Waals surface area contributed by atoms with Gasteiger partial charge in [-0.05, 0) is 41.9 Å². The van der Waals surface area contributed by atoms with Crippen LogP contribution in [0.4, 0.5) is 5.82 Å². The van der Waals surface area contributed by atoms with Gasteiger partial charge >= 0.3 is 0 Å². The molecule has 0 radical (unpaired) electrons. The van der Waals surface area contributed by atoms with Gasteiger partial charge in [0.25, 0.3) is 0 Å². The maximum atomic E-state index is 5.95. The Kier molecular flexibility index (Phi) is 4.56. The number of nitrogen functional groups attached to an aromatic ring is 1. The van der Waals surface area contributed by atoms with Crippen LogP contribution < -0.4 is 5.73 Å². The fourth-order valence-electron chi connectivity index (χ4n) is 2.07. The molecule has 1 aliphatic rings. The van der Waals surface area contributed by atoms with Crippen LogP contribution in [0.25, 0.3) is 0 Å². The number of rotatable bonds is 6. The van der Waals surface area contributed by atoms with Gasteiger partial charge in [-0.1, -0.05) is 13.8 Å². The van der Waals surface area contributed by atoms with E-state index in [1.807, 2.05) is 0 Å². The van der Waals surface area contributed by atoms with Crippen LogP contribution in [-0.4, -0.2) is 34.5 Å². The van der Waals surface area contributed by atoms with Crippen molar-refractivity contribution in [1.29, 1.82) is 0 Å². The summed E-state index contributed by atoms with van der Waals surface area (Å²) in [5.41, 5.74) is 7.06. The van der Waals surface area contributed by atoms with Crippen molar-refractivity contribution in [2.24, 2.45) is 0 Å². The molecule has 0 aliphatic heterocycles. The Hall–Kier alpha value is -0.680. The third-order valence-electron chi connectivity index (χ3n) is 3.46. The van der Waals surface area contributed by atoms with Crippen molar-refractivity contribution < 1.29 is 0 Å². The molecule has 1 aromatic rings. The Balaban J connectivity index is 2.08. The van der Waals surface area contributed by atoms with E-state index in [4.69, 9.17) is 5.73 Å². The quantitative estimate of drug-likeness (QED) is 0.877. The summed E-state index contributed by atoms with van der Waals surface area (Å²) in [4.78, 5) is 11.4. The van der Waals surface area contributed by atoms with Crippen molar-refractivity contribution in [2.75, 3.05) is 25.4 Å². The molecule has 0 bridgehead atoms. The SMILES string of the molecule is CCN(CC)CCc1nc(N)c(Br)c(C2CC2)n1. The molecule has 0 spiro atoms. The molecule has 18 heavy (non-hydrogen) atoms. The molecule has 1 heterocycles. The number of aromatic nitrogens is 2. The third-order valence-corrected chi connectivity index (χ3v) is 4.27. The molecule has 1 aromatic heterocycles. The molecule has 0 amide bonds. The highest BCUT2D eigenvalue weighted by Crippen LogP contribution is 2.43. The van der Waals surface area contributed by atoms with Crippen molar-refractivity contribution in [2.45, 2.75) is 39.0 Å². The molecule has 100 valence electrons. The molecule has 0 unspecified atom stereocenters. The summed E-state index contributed by atoms with van der Waals surface area (Å²) < 4.78 is 0.900. The highest BCUT2D eigenvalue weighted by molar-refractivity contribution is 9.10. The Labute approximate surface area is 117 Å². The van der Waals surface area contributed by atoms with Gasteiger partial charge in [0, 0.05) is 18.9 Å². The largest absolute Gasteiger partial charge is 0.383 e. The van der Waals surface area contributed by atoms with E-state index >= 15 is 0 Å². The van der Waals surface area contributed by atoms with Gasteiger partial charge in [0.1, 0.15) is 11.6 Å². The van der Waals surface area contributed by atoms with Crippen molar-refractivity contribution in [3.8, 4) is 0 Å².